The van der Waals surface area contributed by atoms with Gasteiger partial charge in [-0.3, -0.25) is 9.59 Å². The molecule has 0 heterocycles. The fraction of sp³-hybridized carbons (Fsp3) is 0.846. The summed E-state index contributed by atoms with van der Waals surface area (Å²) in [6.45, 7) is 0.106. The largest absolute Gasteiger partial charge is 0.469 e. The highest BCUT2D eigenvalue weighted by molar-refractivity contribution is 7.91. The predicted molar refractivity (Wildman–Crippen MR) is 76.2 cm³/mol. The van der Waals surface area contributed by atoms with Gasteiger partial charge in [0.15, 0.2) is 9.84 Å². The molecule has 1 aliphatic rings. The summed E-state index contributed by atoms with van der Waals surface area (Å²) in [5, 5.41) is 0. The number of ether oxygens (including phenoxy) is 2. The van der Waals surface area contributed by atoms with Gasteiger partial charge in [0, 0.05) is 6.42 Å². The predicted octanol–water partition coefficient (Wildman–Crippen LogP) is 0.0250. The first-order chi connectivity index (χ1) is 9.84. The van der Waals surface area contributed by atoms with Crippen LogP contribution in [0, 0.1) is 5.92 Å². The lowest BCUT2D eigenvalue weighted by molar-refractivity contribution is -0.147. The van der Waals surface area contributed by atoms with Crippen molar-refractivity contribution in [3.05, 3.63) is 0 Å². The highest BCUT2D eigenvalue weighted by Crippen LogP contribution is 2.27. The molecule has 0 spiro atoms. The van der Waals surface area contributed by atoms with Crippen LogP contribution in [0.25, 0.3) is 0 Å². The molecule has 0 aromatic rings. The molecule has 7 nitrogen and oxygen atoms in total. The Morgan fingerprint density at radius 2 is 1.76 bits per heavy atom. The van der Waals surface area contributed by atoms with Gasteiger partial charge in [0.25, 0.3) is 0 Å². The number of amides is 1. The third kappa shape index (κ3) is 6.90. The van der Waals surface area contributed by atoms with Crippen molar-refractivity contribution >= 4 is 21.7 Å². The fourth-order valence-corrected chi connectivity index (χ4v) is 3.40. The molecule has 1 rings (SSSR count). The Morgan fingerprint density at radius 1 is 1.14 bits per heavy atom. The van der Waals surface area contributed by atoms with Crippen LogP contribution in [-0.4, -0.2) is 51.6 Å². The van der Waals surface area contributed by atoms with Gasteiger partial charge in [-0.1, -0.05) is 0 Å². The molecule has 0 aromatic heterocycles. The van der Waals surface area contributed by atoms with Gasteiger partial charge >= 0.3 is 5.97 Å². The van der Waals surface area contributed by atoms with Crippen LogP contribution in [0.4, 0.5) is 0 Å². The van der Waals surface area contributed by atoms with Gasteiger partial charge in [-0.05, 0) is 25.7 Å². The standard InChI is InChI=1S/C13H23NO6S/c1-19-13(16)10-2-4-11(5-3-10)20-7-9-21(17,18)8-6-12(14)15/h10-11H,2-9H2,1H3,(H2,14,15). The molecular weight excluding hydrogens is 298 g/mol. The summed E-state index contributed by atoms with van der Waals surface area (Å²) in [6.07, 6.45) is 2.67. The number of rotatable bonds is 8. The Balaban J connectivity index is 2.22. The number of methoxy groups -OCH3 is 1. The highest BCUT2D eigenvalue weighted by atomic mass is 32.2. The zero-order valence-electron chi connectivity index (χ0n) is 12.2. The van der Waals surface area contributed by atoms with Crippen LogP contribution in [0.2, 0.25) is 0 Å². The first-order valence-electron chi connectivity index (χ1n) is 7.02. The smallest absolute Gasteiger partial charge is 0.308 e. The maximum Gasteiger partial charge on any atom is 0.308 e. The topological polar surface area (TPSA) is 113 Å². The van der Waals surface area contributed by atoms with Crippen molar-refractivity contribution in [3.63, 3.8) is 0 Å². The van der Waals surface area contributed by atoms with E-state index in [2.05, 4.69) is 0 Å². The van der Waals surface area contributed by atoms with Crippen LogP contribution in [0.15, 0.2) is 0 Å². The number of sulfone groups is 1. The summed E-state index contributed by atoms with van der Waals surface area (Å²) < 4.78 is 33.5. The molecular formula is C13H23NO6S. The van der Waals surface area contributed by atoms with Gasteiger partial charge in [-0.25, -0.2) is 8.42 Å². The number of esters is 1. The number of primary amides is 1. The minimum atomic E-state index is -3.31. The van der Waals surface area contributed by atoms with Gasteiger partial charge in [0.05, 0.1) is 37.2 Å². The summed E-state index contributed by atoms with van der Waals surface area (Å²) in [6, 6.07) is 0. The van der Waals surface area contributed by atoms with Crippen LogP contribution in [0.1, 0.15) is 32.1 Å². The first kappa shape index (κ1) is 17.9. The van der Waals surface area contributed by atoms with E-state index in [4.69, 9.17) is 15.2 Å². The van der Waals surface area contributed by atoms with Crippen molar-refractivity contribution in [2.75, 3.05) is 25.2 Å². The molecule has 1 saturated carbocycles. The van der Waals surface area contributed by atoms with Crippen molar-refractivity contribution < 1.29 is 27.5 Å². The Hall–Kier alpha value is -1.15. The lowest BCUT2D eigenvalue weighted by Crippen LogP contribution is -2.28. The minimum absolute atomic E-state index is 0.0164. The lowest BCUT2D eigenvalue weighted by atomic mass is 9.87. The first-order valence-corrected chi connectivity index (χ1v) is 8.84. The second-order valence-electron chi connectivity index (χ2n) is 5.24. The van der Waals surface area contributed by atoms with E-state index >= 15 is 0 Å². The second-order valence-corrected chi connectivity index (χ2v) is 7.54. The van der Waals surface area contributed by atoms with Crippen molar-refractivity contribution in [2.24, 2.45) is 11.7 Å². The number of hydrogen-bond donors (Lipinski definition) is 1. The van der Waals surface area contributed by atoms with E-state index in [0.717, 1.165) is 12.8 Å². The molecule has 1 amide bonds. The maximum absolute atomic E-state index is 11.6. The molecule has 0 radical (unpaired) electrons. The van der Waals surface area contributed by atoms with Crippen molar-refractivity contribution in [1.82, 2.24) is 0 Å². The van der Waals surface area contributed by atoms with E-state index < -0.39 is 15.7 Å². The van der Waals surface area contributed by atoms with Crippen LogP contribution in [0.3, 0.4) is 0 Å². The average molecular weight is 321 g/mol. The van der Waals surface area contributed by atoms with Crippen molar-refractivity contribution in [1.29, 1.82) is 0 Å². The van der Waals surface area contributed by atoms with Crippen LogP contribution >= 0.6 is 0 Å². The number of hydrogen-bond acceptors (Lipinski definition) is 6. The Labute approximate surface area is 125 Å². The number of nitrogens with two attached hydrogens (primary N) is 1. The van der Waals surface area contributed by atoms with Gasteiger partial charge < -0.3 is 15.2 Å². The van der Waals surface area contributed by atoms with E-state index in [-0.39, 0.29) is 42.5 Å². The van der Waals surface area contributed by atoms with E-state index in [1.165, 1.54) is 7.11 Å². The monoisotopic (exact) mass is 321 g/mol. The zero-order chi connectivity index (χ0) is 15.9. The zero-order valence-corrected chi connectivity index (χ0v) is 13.1. The molecule has 0 bridgehead atoms. The van der Waals surface area contributed by atoms with Crippen LogP contribution in [0.5, 0.6) is 0 Å². The molecule has 0 saturated heterocycles. The summed E-state index contributed by atoms with van der Waals surface area (Å²) in [7, 11) is -1.93. The quantitative estimate of drug-likeness (QED) is 0.631. The molecule has 0 aromatic carbocycles. The molecule has 1 fully saturated rings. The third-order valence-electron chi connectivity index (χ3n) is 3.62. The lowest BCUT2D eigenvalue weighted by Gasteiger charge is -2.26. The molecule has 0 aliphatic heterocycles. The third-order valence-corrected chi connectivity index (χ3v) is 5.23. The van der Waals surface area contributed by atoms with E-state index in [9.17, 15) is 18.0 Å². The minimum Gasteiger partial charge on any atom is -0.469 e. The second kappa shape index (κ2) is 8.33. The van der Waals surface area contributed by atoms with E-state index in [1.807, 2.05) is 0 Å². The molecule has 1 aliphatic carbocycles. The number of carbonyl (C=O) groups is 2. The summed E-state index contributed by atoms with van der Waals surface area (Å²) in [5.41, 5.74) is 4.92. The Bertz CT molecular complexity index is 453. The normalized spacial score (nSPS) is 22.7. The van der Waals surface area contributed by atoms with Gasteiger partial charge in [0.1, 0.15) is 0 Å². The Morgan fingerprint density at radius 3 is 2.29 bits per heavy atom. The molecule has 8 heteroatoms. The number of carbonyl (C=O) groups excluding carboxylic acids is 2. The highest BCUT2D eigenvalue weighted by Gasteiger charge is 2.27. The van der Waals surface area contributed by atoms with Crippen LogP contribution < -0.4 is 5.73 Å². The van der Waals surface area contributed by atoms with Crippen molar-refractivity contribution in [3.8, 4) is 0 Å². The Kier molecular flexibility index (Phi) is 7.10. The van der Waals surface area contributed by atoms with E-state index in [1.54, 1.807) is 0 Å². The van der Waals surface area contributed by atoms with Gasteiger partial charge in [0.2, 0.25) is 5.91 Å². The van der Waals surface area contributed by atoms with E-state index in [0.29, 0.717) is 12.8 Å². The molecule has 0 atom stereocenters. The fourth-order valence-electron chi connectivity index (χ4n) is 2.33. The average Bonchev–Trinajstić information content (AvgIpc) is 2.45. The maximum atomic E-state index is 11.6. The SMILES string of the molecule is COC(=O)C1CCC(OCCS(=O)(=O)CCC(N)=O)CC1. The molecule has 0 unspecified atom stereocenters. The van der Waals surface area contributed by atoms with Gasteiger partial charge in [-0.2, -0.15) is 0 Å². The van der Waals surface area contributed by atoms with Crippen molar-refractivity contribution in [2.45, 2.75) is 38.2 Å². The molecule has 122 valence electrons. The molecule has 2 N–H and O–H groups in total. The summed E-state index contributed by atoms with van der Waals surface area (Å²) in [5.74, 6) is -1.24. The van der Waals surface area contributed by atoms with Crippen LogP contribution in [-0.2, 0) is 28.9 Å². The van der Waals surface area contributed by atoms with Gasteiger partial charge in [-0.15, -0.1) is 0 Å². The summed E-state index contributed by atoms with van der Waals surface area (Å²) in [4.78, 5) is 21.9. The summed E-state index contributed by atoms with van der Waals surface area (Å²) >= 11 is 0. The molecule has 21 heavy (non-hydrogen) atoms.